The Balaban J connectivity index is 0.000000208. The zero-order chi connectivity index (χ0) is 32.9. The third-order valence-corrected chi connectivity index (χ3v) is 11.4. The highest BCUT2D eigenvalue weighted by molar-refractivity contribution is 7.93. The molecule has 0 saturated carbocycles. The first kappa shape index (κ1) is 36.0. The number of fused-ring (bicyclic) bond motifs is 2. The molecule has 252 valence electrons. The van der Waals surface area contributed by atoms with Crippen LogP contribution in [0.4, 0.5) is 20.2 Å². The second kappa shape index (κ2) is 15.4. The minimum Gasteiger partial charge on any atom is -0.330 e. The molecule has 4 aromatic rings. The van der Waals surface area contributed by atoms with Gasteiger partial charge in [-0.05, 0) is 146 Å². The molecule has 0 radical (unpaired) electrons. The number of rotatable bonds is 8. The monoisotopic (exact) mass is 683 g/mol. The van der Waals surface area contributed by atoms with Crippen molar-refractivity contribution in [1.82, 2.24) is 0 Å². The van der Waals surface area contributed by atoms with Crippen molar-refractivity contribution in [2.45, 2.75) is 80.9 Å². The highest BCUT2D eigenvalue weighted by Crippen LogP contribution is 2.35. The van der Waals surface area contributed by atoms with Gasteiger partial charge < -0.3 is 5.73 Å². The molecule has 0 fully saturated rings. The second-order valence-corrected chi connectivity index (χ2v) is 15.1. The molecule has 0 amide bonds. The van der Waals surface area contributed by atoms with Crippen LogP contribution in [0.25, 0.3) is 0 Å². The molecule has 2 atom stereocenters. The largest absolute Gasteiger partial charge is 0.330 e. The number of hydrogen-bond donors (Lipinski definition) is 3. The van der Waals surface area contributed by atoms with E-state index in [1.165, 1.54) is 48.0 Å². The van der Waals surface area contributed by atoms with Crippen LogP contribution in [0.5, 0.6) is 0 Å². The van der Waals surface area contributed by atoms with Crippen LogP contribution >= 0.6 is 0 Å². The van der Waals surface area contributed by atoms with Gasteiger partial charge in [-0.15, -0.1) is 0 Å². The molecule has 0 unspecified atom stereocenters. The summed E-state index contributed by atoms with van der Waals surface area (Å²) in [4.78, 5) is 0.426. The van der Waals surface area contributed by atoms with Crippen molar-refractivity contribution in [2.24, 2.45) is 5.73 Å². The average Bonchev–Trinajstić information content (AvgIpc) is 3.03. The van der Waals surface area contributed by atoms with Crippen LogP contribution in [0.3, 0.4) is 0 Å². The summed E-state index contributed by atoms with van der Waals surface area (Å²) in [5, 5.41) is 0. The number of halogens is 2. The molecule has 0 heterocycles. The lowest BCUT2D eigenvalue weighted by Gasteiger charge is -2.25. The molecular formula is C36H43F2N3O4S2. The Hall–Kier alpha value is -3.80. The number of aryl methyl sites for hydroxylation is 2. The van der Waals surface area contributed by atoms with E-state index in [9.17, 15) is 25.6 Å². The number of anilines is 2. The summed E-state index contributed by atoms with van der Waals surface area (Å²) in [6.45, 7) is 2.73. The Morgan fingerprint density at radius 2 is 1.13 bits per heavy atom. The lowest BCUT2D eigenvalue weighted by Crippen LogP contribution is -2.19. The third-order valence-electron chi connectivity index (χ3n) is 8.66. The van der Waals surface area contributed by atoms with Gasteiger partial charge in [0.25, 0.3) is 20.0 Å². The van der Waals surface area contributed by atoms with Crippen molar-refractivity contribution in [3.05, 3.63) is 119 Å². The maximum Gasteiger partial charge on any atom is 0.261 e. The van der Waals surface area contributed by atoms with Crippen LogP contribution in [0.15, 0.2) is 94.7 Å². The lowest BCUT2D eigenvalue weighted by atomic mass is 9.81. The Morgan fingerprint density at radius 1 is 0.681 bits per heavy atom. The van der Waals surface area contributed by atoms with Crippen molar-refractivity contribution in [1.29, 1.82) is 0 Å². The maximum atomic E-state index is 13.2. The molecule has 2 aliphatic rings. The van der Waals surface area contributed by atoms with Crippen molar-refractivity contribution in [2.75, 3.05) is 16.0 Å². The van der Waals surface area contributed by atoms with E-state index in [1.54, 1.807) is 24.3 Å². The van der Waals surface area contributed by atoms with Gasteiger partial charge in [-0.3, -0.25) is 9.44 Å². The zero-order valence-electron chi connectivity index (χ0n) is 25.7. The molecule has 0 spiro atoms. The number of hydrogen-bond acceptors (Lipinski definition) is 5. The molecule has 47 heavy (non-hydrogen) atoms. The van der Waals surface area contributed by atoms with Gasteiger partial charge in [0, 0.05) is 0 Å². The Kier molecular flexibility index (Phi) is 11.8. The van der Waals surface area contributed by atoms with Gasteiger partial charge in [-0.1, -0.05) is 38.6 Å². The molecule has 0 aliphatic heterocycles. The fraction of sp³-hybridized carbons (Fsp3) is 0.333. The predicted octanol–water partition coefficient (Wildman–Crippen LogP) is 8.10. The summed E-state index contributed by atoms with van der Waals surface area (Å²) < 4.78 is 81.3. The van der Waals surface area contributed by atoms with E-state index in [1.807, 2.05) is 12.1 Å². The Bertz CT molecular complexity index is 1780. The van der Waals surface area contributed by atoms with Gasteiger partial charge in [0.1, 0.15) is 11.6 Å². The minimum atomic E-state index is -3.74. The summed E-state index contributed by atoms with van der Waals surface area (Å²) in [5.41, 5.74) is 10.8. The first-order valence-electron chi connectivity index (χ1n) is 15.5. The fourth-order valence-electron chi connectivity index (χ4n) is 6.32. The third kappa shape index (κ3) is 8.77. The van der Waals surface area contributed by atoms with Crippen LogP contribution in [0.2, 0.25) is 0 Å². The lowest BCUT2D eigenvalue weighted by molar-refractivity contribution is 0.538. The number of nitrogens with two attached hydrogens (primary N) is 1. The molecule has 4 N–H and O–H groups in total. The highest BCUT2D eigenvalue weighted by Gasteiger charge is 2.24. The quantitative estimate of drug-likeness (QED) is 0.174. The van der Waals surface area contributed by atoms with E-state index in [-0.39, 0.29) is 28.6 Å². The van der Waals surface area contributed by atoms with Gasteiger partial charge in [0.05, 0.1) is 21.2 Å². The van der Waals surface area contributed by atoms with Crippen LogP contribution in [0, 0.1) is 11.6 Å². The Morgan fingerprint density at radius 3 is 1.55 bits per heavy atom. The molecule has 11 heteroatoms. The Labute approximate surface area is 277 Å². The summed E-state index contributed by atoms with van der Waals surface area (Å²) in [7, 11) is -7.44. The van der Waals surface area contributed by atoms with E-state index in [0.717, 1.165) is 67.7 Å². The topological polar surface area (TPSA) is 118 Å². The summed E-state index contributed by atoms with van der Waals surface area (Å²) >= 11 is 0. The van der Waals surface area contributed by atoms with Crippen LogP contribution in [-0.2, 0) is 32.9 Å². The smallest absolute Gasteiger partial charge is 0.261 e. The van der Waals surface area contributed by atoms with E-state index >= 15 is 0 Å². The van der Waals surface area contributed by atoms with Crippen LogP contribution < -0.4 is 15.2 Å². The summed E-state index contributed by atoms with van der Waals surface area (Å²) in [6.07, 6.45) is 7.14. The van der Waals surface area contributed by atoms with Gasteiger partial charge in [-0.2, -0.15) is 0 Å². The summed E-state index contributed by atoms with van der Waals surface area (Å²) in [5.74, 6) is -0.138. The van der Waals surface area contributed by atoms with Crippen molar-refractivity contribution < 1.29 is 25.6 Å². The van der Waals surface area contributed by atoms with Gasteiger partial charge in [0.15, 0.2) is 0 Å². The summed E-state index contributed by atoms with van der Waals surface area (Å²) in [6, 6.07) is 21.4. The van der Waals surface area contributed by atoms with Gasteiger partial charge in [0.2, 0.25) is 0 Å². The molecule has 7 nitrogen and oxygen atoms in total. The van der Waals surface area contributed by atoms with E-state index in [0.29, 0.717) is 18.4 Å². The molecular weight excluding hydrogens is 641 g/mol. The second-order valence-electron chi connectivity index (χ2n) is 11.8. The highest BCUT2D eigenvalue weighted by atomic mass is 32.2. The SMILES string of the molecule is C.CC[C@@H]1CCCc2cc(S(=O)(=O)Nc3cccc(F)c3)ccc21.NC[C@@H]1CCCc2cc(S(=O)(=O)Nc3cccc(F)c3)ccc21. The fourth-order valence-corrected chi connectivity index (χ4v) is 8.52. The molecule has 0 aromatic heterocycles. The van der Waals surface area contributed by atoms with Gasteiger partial charge >= 0.3 is 0 Å². The maximum absolute atomic E-state index is 13.2. The molecule has 2 aliphatic carbocycles. The molecule has 0 saturated heterocycles. The first-order valence-corrected chi connectivity index (χ1v) is 18.5. The van der Waals surface area contributed by atoms with Crippen molar-refractivity contribution in [3.63, 3.8) is 0 Å². The number of nitrogens with one attached hydrogen (secondary N) is 2. The zero-order valence-corrected chi connectivity index (χ0v) is 27.3. The molecule has 6 rings (SSSR count). The standard InChI is InChI=1S/C18H20FNO2S.C17H19FN2O2S.CH4/c1-2-13-5-3-6-14-11-17(9-10-18(13)14)23(21,22)20-16-8-4-7-15(19)12-16;18-14-5-2-6-15(10-14)20-23(21,22)16-7-8-17-12(9-16)3-1-4-13(17)11-19;/h4,7-13,20H,2-3,5-6H2,1H3;2,5-10,13,20H,1,3-4,11,19H2;1H4/t2*13-;/m10./s1. The molecule has 4 aromatic carbocycles. The number of sulfonamides is 2. The first-order chi connectivity index (χ1) is 22.0. The number of benzene rings is 4. The van der Waals surface area contributed by atoms with E-state index in [4.69, 9.17) is 5.73 Å². The van der Waals surface area contributed by atoms with Gasteiger partial charge in [-0.25, -0.2) is 25.6 Å². The average molecular weight is 684 g/mol. The predicted molar refractivity (Wildman–Crippen MR) is 185 cm³/mol. The normalized spacial score (nSPS) is 17.2. The van der Waals surface area contributed by atoms with Crippen LogP contribution in [-0.4, -0.2) is 23.4 Å². The van der Waals surface area contributed by atoms with Crippen molar-refractivity contribution >= 4 is 31.4 Å². The van der Waals surface area contributed by atoms with Crippen molar-refractivity contribution in [3.8, 4) is 0 Å². The minimum absolute atomic E-state index is 0. The molecule has 0 bridgehead atoms. The van der Waals surface area contributed by atoms with E-state index in [2.05, 4.69) is 16.4 Å². The van der Waals surface area contributed by atoms with E-state index < -0.39 is 31.7 Å². The van der Waals surface area contributed by atoms with Crippen LogP contribution in [0.1, 0.15) is 80.5 Å².